The lowest BCUT2D eigenvalue weighted by Crippen LogP contribution is -2.48. The number of sulfonamides is 1. The number of nitrogen functional groups attached to an aromatic ring is 1. The van der Waals surface area contributed by atoms with E-state index < -0.39 is 10.0 Å². The van der Waals surface area contributed by atoms with Crippen LogP contribution in [0.25, 0.3) is 0 Å². The fourth-order valence-corrected chi connectivity index (χ4v) is 2.81. The molecule has 0 aliphatic carbocycles. The van der Waals surface area contributed by atoms with Gasteiger partial charge in [0.1, 0.15) is 5.82 Å². The zero-order valence-corrected chi connectivity index (χ0v) is 11.3. The largest absolute Gasteiger partial charge is 0.368 e. The van der Waals surface area contributed by atoms with E-state index in [0.29, 0.717) is 26.2 Å². The molecule has 0 radical (unpaired) electrons. The second-order valence-electron chi connectivity index (χ2n) is 4.37. The summed E-state index contributed by atoms with van der Waals surface area (Å²) in [5.74, 6) is 1.00. The number of anilines is 2. The third-order valence-electron chi connectivity index (χ3n) is 2.89. The van der Waals surface area contributed by atoms with Crippen molar-refractivity contribution in [3.05, 3.63) is 11.8 Å². The van der Waals surface area contributed by atoms with Gasteiger partial charge < -0.3 is 10.6 Å². The Morgan fingerprint density at radius 3 is 2.33 bits per heavy atom. The van der Waals surface area contributed by atoms with E-state index in [1.807, 2.05) is 17.9 Å². The zero-order chi connectivity index (χ0) is 13.3. The molecule has 0 atom stereocenters. The molecule has 8 heteroatoms. The Kier molecular flexibility index (Phi) is 3.40. The van der Waals surface area contributed by atoms with Crippen molar-refractivity contribution < 1.29 is 8.42 Å². The van der Waals surface area contributed by atoms with Gasteiger partial charge in [-0.1, -0.05) is 0 Å². The summed E-state index contributed by atoms with van der Waals surface area (Å²) in [6, 6.07) is 1.85. The van der Waals surface area contributed by atoms with Gasteiger partial charge in [0.2, 0.25) is 16.0 Å². The third kappa shape index (κ3) is 2.88. The summed E-state index contributed by atoms with van der Waals surface area (Å²) in [5.41, 5.74) is 6.42. The van der Waals surface area contributed by atoms with Gasteiger partial charge in [0.25, 0.3) is 0 Å². The first kappa shape index (κ1) is 13.0. The molecular formula is C10H17N5O2S. The van der Waals surface area contributed by atoms with Crippen molar-refractivity contribution >= 4 is 21.8 Å². The summed E-state index contributed by atoms with van der Waals surface area (Å²) in [6.07, 6.45) is 1.23. The Labute approximate surface area is 107 Å². The predicted molar refractivity (Wildman–Crippen MR) is 69.8 cm³/mol. The van der Waals surface area contributed by atoms with E-state index in [4.69, 9.17) is 5.73 Å². The lowest BCUT2D eigenvalue weighted by molar-refractivity contribution is 0.387. The molecule has 18 heavy (non-hydrogen) atoms. The summed E-state index contributed by atoms with van der Waals surface area (Å²) in [6.45, 7) is 4.03. The van der Waals surface area contributed by atoms with Crippen LogP contribution in [-0.2, 0) is 10.0 Å². The van der Waals surface area contributed by atoms with Gasteiger partial charge in [-0.25, -0.2) is 13.4 Å². The second-order valence-corrected chi connectivity index (χ2v) is 6.36. The summed E-state index contributed by atoms with van der Waals surface area (Å²) >= 11 is 0. The molecule has 1 saturated heterocycles. The molecule has 2 heterocycles. The van der Waals surface area contributed by atoms with E-state index in [9.17, 15) is 8.42 Å². The Balaban J connectivity index is 2.10. The highest BCUT2D eigenvalue weighted by molar-refractivity contribution is 7.88. The maximum atomic E-state index is 11.4. The maximum Gasteiger partial charge on any atom is 0.222 e. The zero-order valence-electron chi connectivity index (χ0n) is 10.5. The molecule has 100 valence electrons. The van der Waals surface area contributed by atoms with E-state index in [2.05, 4.69) is 9.97 Å². The van der Waals surface area contributed by atoms with Crippen LogP contribution in [0.4, 0.5) is 11.8 Å². The number of nitrogens with two attached hydrogens (primary N) is 1. The van der Waals surface area contributed by atoms with Crippen molar-refractivity contribution in [3.8, 4) is 0 Å². The molecule has 0 amide bonds. The van der Waals surface area contributed by atoms with E-state index >= 15 is 0 Å². The lowest BCUT2D eigenvalue weighted by Gasteiger charge is -2.34. The Morgan fingerprint density at radius 2 is 1.83 bits per heavy atom. The standard InChI is InChI=1S/C10H17N5O2S/c1-8-7-9(13-10(11)12-8)14-3-5-15(6-4-14)18(2,16)17/h7H,3-6H2,1-2H3,(H2,11,12,13). The molecule has 1 aliphatic rings. The van der Waals surface area contributed by atoms with E-state index in [1.165, 1.54) is 10.6 Å². The lowest BCUT2D eigenvalue weighted by atomic mass is 10.3. The topological polar surface area (TPSA) is 92.4 Å². The molecule has 1 aromatic rings. The number of nitrogens with zero attached hydrogens (tertiary/aromatic N) is 4. The van der Waals surface area contributed by atoms with Crippen molar-refractivity contribution in [2.75, 3.05) is 43.1 Å². The predicted octanol–water partition coefficient (Wildman–Crippen LogP) is -0.551. The van der Waals surface area contributed by atoms with E-state index in [0.717, 1.165) is 11.5 Å². The van der Waals surface area contributed by atoms with Gasteiger partial charge in [0, 0.05) is 37.9 Å². The highest BCUT2D eigenvalue weighted by Crippen LogP contribution is 2.16. The monoisotopic (exact) mass is 271 g/mol. The molecule has 0 bridgehead atoms. The fraction of sp³-hybridized carbons (Fsp3) is 0.600. The normalized spacial score (nSPS) is 18.0. The number of rotatable bonds is 2. The van der Waals surface area contributed by atoms with Crippen LogP contribution in [0.5, 0.6) is 0 Å². The first-order valence-electron chi connectivity index (χ1n) is 5.67. The van der Waals surface area contributed by atoms with Gasteiger partial charge in [-0.15, -0.1) is 0 Å². The highest BCUT2D eigenvalue weighted by Gasteiger charge is 2.24. The van der Waals surface area contributed by atoms with Crippen molar-refractivity contribution in [2.24, 2.45) is 0 Å². The van der Waals surface area contributed by atoms with Gasteiger partial charge >= 0.3 is 0 Å². The van der Waals surface area contributed by atoms with Crippen LogP contribution >= 0.6 is 0 Å². The quantitative estimate of drug-likeness (QED) is 0.776. The Morgan fingerprint density at radius 1 is 1.22 bits per heavy atom. The van der Waals surface area contributed by atoms with Crippen LogP contribution in [0.1, 0.15) is 5.69 Å². The molecule has 1 aromatic heterocycles. The van der Waals surface area contributed by atoms with Crippen LogP contribution in [0.2, 0.25) is 0 Å². The van der Waals surface area contributed by atoms with Gasteiger partial charge in [0.05, 0.1) is 6.26 Å². The molecule has 1 aliphatic heterocycles. The first-order valence-corrected chi connectivity index (χ1v) is 7.52. The summed E-state index contributed by atoms with van der Waals surface area (Å²) in [7, 11) is -3.10. The highest BCUT2D eigenvalue weighted by atomic mass is 32.2. The molecule has 0 spiro atoms. The summed E-state index contributed by atoms with van der Waals surface area (Å²) in [5, 5.41) is 0. The molecule has 2 N–H and O–H groups in total. The first-order chi connectivity index (χ1) is 8.36. The van der Waals surface area contributed by atoms with Gasteiger partial charge in [0.15, 0.2) is 0 Å². The Hall–Kier alpha value is -1.41. The number of aryl methyl sites for hydroxylation is 1. The van der Waals surface area contributed by atoms with Crippen molar-refractivity contribution in [1.82, 2.24) is 14.3 Å². The molecule has 0 unspecified atom stereocenters. The number of hydrogen-bond acceptors (Lipinski definition) is 6. The van der Waals surface area contributed by atoms with Crippen LogP contribution < -0.4 is 10.6 Å². The van der Waals surface area contributed by atoms with E-state index in [1.54, 1.807) is 0 Å². The van der Waals surface area contributed by atoms with Gasteiger partial charge in [-0.05, 0) is 6.92 Å². The average Bonchev–Trinajstić information content (AvgIpc) is 2.27. The van der Waals surface area contributed by atoms with Gasteiger partial charge in [-0.3, -0.25) is 0 Å². The third-order valence-corrected chi connectivity index (χ3v) is 4.19. The van der Waals surface area contributed by atoms with Crippen molar-refractivity contribution in [3.63, 3.8) is 0 Å². The molecule has 2 rings (SSSR count). The minimum Gasteiger partial charge on any atom is -0.368 e. The second kappa shape index (κ2) is 4.69. The molecule has 7 nitrogen and oxygen atoms in total. The molecule has 1 fully saturated rings. The Bertz CT molecular complexity index is 517. The average molecular weight is 271 g/mol. The van der Waals surface area contributed by atoms with E-state index in [-0.39, 0.29) is 5.95 Å². The van der Waals surface area contributed by atoms with Gasteiger partial charge in [-0.2, -0.15) is 9.29 Å². The minimum absolute atomic E-state index is 0.246. The van der Waals surface area contributed by atoms with Crippen LogP contribution in [0, 0.1) is 6.92 Å². The molecular weight excluding hydrogens is 254 g/mol. The molecule has 0 aromatic carbocycles. The maximum absolute atomic E-state index is 11.4. The van der Waals surface area contributed by atoms with Crippen LogP contribution in [0.15, 0.2) is 6.07 Å². The summed E-state index contributed by atoms with van der Waals surface area (Å²) in [4.78, 5) is 10.2. The van der Waals surface area contributed by atoms with Crippen LogP contribution in [0.3, 0.4) is 0 Å². The number of hydrogen-bond donors (Lipinski definition) is 1. The minimum atomic E-state index is -3.10. The fourth-order valence-electron chi connectivity index (χ4n) is 1.99. The van der Waals surface area contributed by atoms with Crippen molar-refractivity contribution in [1.29, 1.82) is 0 Å². The van der Waals surface area contributed by atoms with Crippen molar-refractivity contribution in [2.45, 2.75) is 6.92 Å². The van der Waals surface area contributed by atoms with Crippen LogP contribution in [-0.4, -0.2) is 55.1 Å². The molecule has 0 saturated carbocycles. The number of aromatic nitrogens is 2. The SMILES string of the molecule is Cc1cc(N2CCN(S(C)(=O)=O)CC2)nc(N)n1. The summed E-state index contributed by atoms with van der Waals surface area (Å²) < 4.78 is 24.3. The smallest absolute Gasteiger partial charge is 0.222 e. The number of piperazine rings is 1.